The SMILES string of the molecule is CCC1CCC(c2nc(C(=O)CCl)cs2)C1. The Morgan fingerprint density at radius 2 is 2.44 bits per heavy atom. The third-order valence-electron chi connectivity index (χ3n) is 3.40. The molecule has 2 rings (SSSR count). The molecule has 0 radical (unpaired) electrons. The molecule has 16 heavy (non-hydrogen) atoms. The number of alkyl halides is 1. The molecule has 2 nitrogen and oxygen atoms in total. The van der Waals surface area contributed by atoms with Crippen molar-refractivity contribution < 1.29 is 4.79 Å². The molecular formula is C12H16ClNOS. The summed E-state index contributed by atoms with van der Waals surface area (Å²) in [4.78, 5) is 15.8. The molecule has 1 aromatic rings. The molecule has 0 amide bonds. The molecule has 1 saturated carbocycles. The molecule has 1 aliphatic rings. The van der Waals surface area contributed by atoms with Crippen LogP contribution in [0.5, 0.6) is 0 Å². The van der Waals surface area contributed by atoms with Gasteiger partial charge in [0.15, 0.2) is 5.78 Å². The monoisotopic (exact) mass is 257 g/mol. The van der Waals surface area contributed by atoms with Crippen LogP contribution >= 0.6 is 22.9 Å². The van der Waals surface area contributed by atoms with Crippen LogP contribution in [0, 0.1) is 5.92 Å². The first-order valence-corrected chi connectivity index (χ1v) is 7.20. The van der Waals surface area contributed by atoms with Gasteiger partial charge in [0.2, 0.25) is 0 Å². The third-order valence-corrected chi connectivity index (χ3v) is 4.65. The number of halogens is 1. The molecule has 0 bridgehead atoms. The minimum atomic E-state index is -0.0609. The van der Waals surface area contributed by atoms with E-state index in [9.17, 15) is 4.79 Å². The number of hydrogen-bond donors (Lipinski definition) is 0. The zero-order valence-corrected chi connectivity index (χ0v) is 11.0. The van der Waals surface area contributed by atoms with Crippen molar-refractivity contribution in [2.45, 2.75) is 38.5 Å². The van der Waals surface area contributed by atoms with E-state index in [1.807, 2.05) is 5.38 Å². The molecule has 1 fully saturated rings. The summed E-state index contributed by atoms with van der Waals surface area (Å²) < 4.78 is 0. The Hall–Kier alpha value is -0.410. The second-order valence-electron chi connectivity index (χ2n) is 4.41. The van der Waals surface area contributed by atoms with Gasteiger partial charge in [-0.1, -0.05) is 13.3 Å². The smallest absolute Gasteiger partial charge is 0.196 e. The van der Waals surface area contributed by atoms with Crippen LogP contribution in [0.15, 0.2) is 5.38 Å². The first-order valence-electron chi connectivity index (χ1n) is 5.79. The van der Waals surface area contributed by atoms with Gasteiger partial charge in [0.25, 0.3) is 0 Å². The lowest BCUT2D eigenvalue weighted by molar-refractivity contribution is 0.101. The topological polar surface area (TPSA) is 30.0 Å². The van der Waals surface area contributed by atoms with Crippen molar-refractivity contribution in [3.63, 3.8) is 0 Å². The molecule has 2 unspecified atom stereocenters. The van der Waals surface area contributed by atoms with Gasteiger partial charge in [-0.25, -0.2) is 4.98 Å². The van der Waals surface area contributed by atoms with Gasteiger partial charge in [-0.15, -0.1) is 22.9 Å². The zero-order valence-electron chi connectivity index (χ0n) is 9.41. The van der Waals surface area contributed by atoms with Gasteiger partial charge >= 0.3 is 0 Å². The Morgan fingerprint density at radius 3 is 3.06 bits per heavy atom. The maximum absolute atomic E-state index is 11.4. The molecule has 0 aliphatic heterocycles. The fourth-order valence-electron chi connectivity index (χ4n) is 2.34. The second kappa shape index (κ2) is 5.28. The number of rotatable bonds is 4. The summed E-state index contributed by atoms with van der Waals surface area (Å²) in [6, 6.07) is 0. The maximum atomic E-state index is 11.4. The first kappa shape index (κ1) is 12.1. The highest BCUT2D eigenvalue weighted by Gasteiger charge is 2.27. The van der Waals surface area contributed by atoms with Crippen LogP contribution in [0.4, 0.5) is 0 Å². The normalized spacial score (nSPS) is 24.9. The molecule has 1 heterocycles. The minimum Gasteiger partial charge on any atom is -0.291 e. The highest BCUT2D eigenvalue weighted by Crippen LogP contribution is 2.40. The number of Topliss-reactive ketones (excluding diaryl/α,β-unsaturated/α-hetero) is 1. The molecule has 0 aromatic carbocycles. The van der Waals surface area contributed by atoms with Gasteiger partial charge in [-0.3, -0.25) is 4.79 Å². The van der Waals surface area contributed by atoms with Crippen LogP contribution in [-0.4, -0.2) is 16.6 Å². The first-order chi connectivity index (χ1) is 7.74. The van der Waals surface area contributed by atoms with E-state index in [1.54, 1.807) is 11.3 Å². The summed E-state index contributed by atoms with van der Waals surface area (Å²) in [6.45, 7) is 2.25. The largest absolute Gasteiger partial charge is 0.291 e. The van der Waals surface area contributed by atoms with Gasteiger partial charge in [-0.2, -0.15) is 0 Å². The van der Waals surface area contributed by atoms with E-state index in [1.165, 1.54) is 25.7 Å². The average molecular weight is 258 g/mol. The van der Waals surface area contributed by atoms with Gasteiger partial charge in [0.05, 0.1) is 10.9 Å². The Labute approximate surface area is 105 Å². The molecular weight excluding hydrogens is 242 g/mol. The summed E-state index contributed by atoms with van der Waals surface area (Å²) in [5, 5.41) is 2.98. The zero-order chi connectivity index (χ0) is 11.5. The van der Waals surface area contributed by atoms with Crippen LogP contribution in [0.1, 0.15) is 54.0 Å². The second-order valence-corrected chi connectivity index (χ2v) is 5.57. The van der Waals surface area contributed by atoms with Crippen molar-refractivity contribution >= 4 is 28.7 Å². The van der Waals surface area contributed by atoms with Crippen LogP contribution in [0.3, 0.4) is 0 Å². The van der Waals surface area contributed by atoms with Crippen molar-refractivity contribution in [3.8, 4) is 0 Å². The van der Waals surface area contributed by atoms with Crippen molar-refractivity contribution in [3.05, 3.63) is 16.1 Å². The van der Waals surface area contributed by atoms with Crippen molar-refractivity contribution in [2.24, 2.45) is 5.92 Å². The molecule has 88 valence electrons. The van der Waals surface area contributed by atoms with E-state index in [4.69, 9.17) is 11.6 Å². The lowest BCUT2D eigenvalue weighted by Gasteiger charge is -2.05. The van der Waals surface area contributed by atoms with Crippen LogP contribution in [0.2, 0.25) is 0 Å². The third kappa shape index (κ3) is 2.46. The molecule has 0 saturated heterocycles. The average Bonchev–Trinajstić information content (AvgIpc) is 2.95. The van der Waals surface area contributed by atoms with Crippen molar-refractivity contribution in [2.75, 3.05) is 5.88 Å². The summed E-state index contributed by atoms with van der Waals surface area (Å²) >= 11 is 7.13. The summed E-state index contributed by atoms with van der Waals surface area (Å²) in [7, 11) is 0. The predicted octanol–water partition coefficient (Wildman–Crippen LogP) is 3.86. The Balaban J connectivity index is 2.05. The number of thiazole rings is 1. The lowest BCUT2D eigenvalue weighted by atomic mass is 10.0. The van der Waals surface area contributed by atoms with E-state index in [0.29, 0.717) is 11.6 Å². The van der Waals surface area contributed by atoms with Gasteiger partial charge in [0, 0.05) is 11.3 Å². The minimum absolute atomic E-state index is 0.0332. The van der Waals surface area contributed by atoms with E-state index < -0.39 is 0 Å². The van der Waals surface area contributed by atoms with E-state index in [-0.39, 0.29) is 11.7 Å². The van der Waals surface area contributed by atoms with E-state index in [0.717, 1.165) is 10.9 Å². The van der Waals surface area contributed by atoms with Crippen LogP contribution in [0.25, 0.3) is 0 Å². The van der Waals surface area contributed by atoms with E-state index >= 15 is 0 Å². The Kier molecular flexibility index (Phi) is 3.98. The molecule has 2 atom stereocenters. The summed E-state index contributed by atoms with van der Waals surface area (Å²) in [6.07, 6.45) is 5.02. The highest BCUT2D eigenvalue weighted by molar-refractivity contribution is 7.10. The lowest BCUT2D eigenvalue weighted by Crippen LogP contribution is -2.02. The van der Waals surface area contributed by atoms with Gasteiger partial charge in [-0.05, 0) is 25.2 Å². The number of ketones is 1. The Morgan fingerprint density at radius 1 is 1.62 bits per heavy atom. The molecule has 1 aliphatic carbocycles. The van der Waals surface area contributed by atoms with Crippen LogP contribution < -0.4 is 0 Å². The summed E-state index contributed by atoms with van der Waals surface area (Å²) in [5.41, 5.74) is 0.551. The molecule has 1 aromatic heterocycles. The fraction of sp³-hybridized carbons (Fsp3) is 0.667. The number of carbonyl (C=O) groups is 1. The molecule has 0 N–H and O–H groups in total. The predicted molar refractivity (Wildman–Crippen MR) is 67.5 cm³/mol. The van der Waals surface area contributed by atoms with Crippen molar-refractivity contribution in [1.29, 1.82) is 0 Å². The standard InChI is InChI=1S/C12H16ClNOS/c1-2-8-3-4-9(5-8)12-14-10(7-16-12)11(15)6-13/h7-9H,2-6H2,1H3. The Bertz CT molecular complexity index is 377. The number of carbonyl (C=O) groups excluding carboxylic acids is 1. The highest BCUT2D eigenvalue weighted by atomic mass is 35.5. The molecule has 4 heteroatoms. The van der Waals surface area contributed by atoms with E-state index in [2.05, 4.69) is 11.9 Å². The fourth-order valence-corrected chi connectivity index (χ4v) is 3.45. The number of nitrogens with zero attached hydrogens (tertiary/aromatic N) is 1. The van der Waals surface area contributed by atoms with Gasteiger partial charge in [0.1, 0.15) is 5.69 Å². The quantitative estimate of drug-likeness (QED) is 0.606. The van der Waals surface area contributed by atoms with Gasteiger partial charge < -0.3 is 0 Å². The molecule has 0 spiro atoms. The maximum Gasteiger partial charge on any atom is 0.196 e. The summed E-state index contributed by atoms with van der Waals surface area (Å²) in [5.74, 6) is 1.40. The number of hydrogen-bond acceptors (Lipinski definition) is 3. The van der Waals surface area contributed by atoms with Crippen LogP contribution in [-0.2, 0) is 0 Å². The van der Waals surface area contributed by atoms with Crippen molar-refractivity contribution in [1.82, 2.24) is 4.98 Å². The number of aromatic nitrogens is 1.